The molecule has 1 fully saturated rings. The average molecular weight is 530 g/mol. The predicted molar refractivity (Wildman–Crippen MR) is 128 cm³/mol. The van der Waals surface area contributed by atoms with E-state index in [9.17, 15) is 26.7 Å². The van der Waals surface area contributed by atoms with Crippen molar-refractivity contribution in [1.29, 1.82) is 0 Å². The Hall–Kier alpha value is -4.32. The normalized spacial score (nSPS) is 14.0. The number of ether oxygens (including phenoxy) is 2. The maximum absolute atomic E-state index is 14.8. The second-order valence-electron chi connectivity index (χ2n) is 8.35. The summed E-state index contributed by atoms with van der Waals surface area (Å²) in [7, 11) is 0. The molecule has 4 aromatic rings. The van der Waals surface area contributed by atoms with Crippen molar-refractivity contribution in [2.75, 3.05) is 36.5 Å². The van der Waals surface area contributed by atoms with Gasteiger partial charge < -0.3 is 19.7 Å². The van der Waals surface area contributed by atoms with Gasteiger partial charge in [0.05, 0.1) is 41.7 Å². The first-order chi connectivity index (χ1) is 18.2. The van der Waals surface area contributed by atoms with Crippen molar-refractivity contribution in [1.82, 2.24) is 9.97 Å². The number of fused-ring (bicyclic) bond motifs is 1. The van der Waals surface area contributed by atoms with E-state index in [4.69, 9.17) is 9.47 Å². The molecule has 5 rings (SSSR count). The number of carbonyl (C=O) groups is 1. The van der Waals surface area contributed by atoms with E-state index in [2.05, 4.69) is 15.3 Å². The Labute approximate surface area is 212 Å². The van der Waals surface area contributed by atoms with Crippen molar-refractivity contribution < 1.29 is 36.2 Å². The molecule has 196 valence electrons. The molecule has 1 aliphatic rings. The van der Waals surface area contributed by atoms with Crippen LogP contribution in [0.4, 0.5) is 33.5 Å². The van der Waals surface area contributed by atoms with Gasteiger partial charge in [0.15, 0.2) is 11.6 Å². The van der Waals surface area contributed by atoms with Gasteiger partial charge in [0, 0.05) is 24.7 Å². The molecule has 0 saturated carbocycles. The molecular weight excluding hydrogens is 511 g/mol. The number of morpholine rings is 1. The molecule has 12 heteroatoms. The number of nitrogens with zero attached hydrogens (tertiary/aromatic N) is 3. The van der Waals surface area contributed by atoms with Crippen molar-refractivity contribution in [2.45, 2.75) is 6.18 Å². The third-order valence-corrected chi connectivity index (χ3v) is 5.81. The Morgan fingerprint density at radius 1 is 0.974 bits per heavy atom. The molecule has 0 atom stereocenters. The minimum Gasteiger partial charge on any atom is -0.454 e. The number of halogens is 5. The maximum Gasteiger partial charge on any atom is 0.416 e. The van der Waals surface area contributed by atoms with E-state index < -0.39 is 40.7 Å². The number of anilines is 2. The van der Waals surface area contributed by atoms with Crippen molar-refractivity contribution in [3.8, 4) is 11.5 Å². The Kier molecular flexibility index (Phi) is 6.81. The number of alkyl halides is 3. The highest BCUT2D eigenvalue weighted by Crippen LogP contribution is 2.32. The van der Waals surface area contributed by atoms with Crippen LogP contribution in [0.1, 0.15) is 15.9 Å². The van der Waals surface area contributed by atoms with Crippen LogP contribution in [0, 0.1) is 11.6 Å². The smallest absolute Gasteiger partial charge is 0.416 e. The van der Waals surface area contributed by atoms with E-state index in [1.54, 1.807) is 12.3 Å². The number of carbonyl (C=O) groups excluding carboxylic acids is 1. The SMILES string of the molecule is O=C(Nc1ccc(Oc2ccc3ncc(N4CCOCC4)nc3c2)c(F)c1F)c1cccc(C(F)(F)F)c1. The van der Waals surface area contributed by atoms with Gasteiger partial charge in [-0.15, -0.1) is 0 Å². The number of aromatic nitrogens is 2. The minimum atomic E-state index is -4.66. The largest absolute Gasteiger partial charge is 0.454 e. The summed E-state index contributed by atoms with van der Waals surface area (Å²) < 4.78 is 79.2. The van der Waals surface area contributed by atoms with E-state index in [1.807, 2.05) is 4.90 Å². The lowest BCUT2D eigenvalue weighted by molar-refractivity contribution is -0.137. The fourth-order valence-corrected chi connectivity index (χ4v) is 3.86. The quantitative estimate of drug-likeness (QED) is 0.329. The van der Waals surface area contributed by atoms with Gasteiger partial charge >= 0.3 is 6.18 Å². The summed E-state index contributed by atoms with van der Waals surface area (Å²) in [6.07, 6.45) is -3.01. The van der Waals surface area contributed by atoms with Crippen LogP contribution in [0.3, 0.4) is 0 Å². The Morgan fingerprint density at radius 2 is 1.76 bits per heavy atom. The van der Waals surface area contributed by atoms with E-state index in [0.29, 0.717) is 49.2 Å². The van der Waals surface area contributed by atoms with Gasteiger partial charge in [-0.1, -0.05) is 6.07 Å². The first kappa shape index (κ1) is 25.3. The lowest BCUT2D eigenvalue weighted by Gasteiger charge is -2.27. The van der Waals surface area contributed by atoms with Gasteiger partial charge in [0.25, 0.3) is 5.91 Å². The van der Waals surface area contributed by atoms with E-state index in [0.717, 1.165) is 30.3 Å². The van der Waals surface area contributed by atoms with Gasteiger partial charge in [-0.2, -0.15) is 17.6 Å². The minimum absolute atomic E-state index is 0.171. The number of hydrogen-bond donors (Lipinski definition) is 1. The molecule has 3 aromatic carbocycles. The topological polar surface area (TPSA) is 76.6 Å². The molecule has 1 aliphatic heterocycles. The third-order valence-electron chi connectivity index (χ3n) is 5.81. The average Bonchev–Trinajstić information content (AvgIpc) is 2.92. The van der Waals surface area contributed by atoms with Crippen LogP contribution in [0.2, 0.25) is 0 Å². The summed E-state index contributed by atoms with van der Waals surface area (Å²) in [4.78, 5) is 23.4. The summed E-state index contributed by atoms with van der Waals surface area (Å²) in [5, 5.41) is 2.09. The van der Waals surface area contributed by atoms with Crippen LogP contribution in [-0.2, 0) is 10.9 Å². The zero-order valence-electron chi connectivity index (χ0n) is 19.6. The van der Waals surface area contributed by atoms with Crippen LogP contribution in [-0.4, -0.2) is 42.2 Å². The number of nitrogens with one attached hydrogen (secondary N) is 1. The van der Waals surface area contributed by atoms with Crippen molar-refractivity contribution >= 4 is 28.4 Å². The molecule has 1 N–H and O–H groups in total. The van der Waals surface area contributed by atoms with E-state index in [-0.39, 0.29) is 11.3 Å². The highest BCUT2D eigenvalue weighted by atomic mass is 19.4. The van der Waals surface area contributed by atoms with E-state index in [1.165, 1.54) is 12.1 Å². The Morgan fingerprint density at radius 3 is 2.53 bits per heavy atom. The fraction of sp³-hybridized carbons (Fsp3) is 0.192. The molecular formula is C26H19F5N4O3. The van der Waals surface area contributed by atoms with Gasteiger partial charge in [0.2, 0.25) is 5.82 Å². The zero-order valence-corrected chi connectivity index (χ0v) is 19.6. The first-order valence-corrected chi connectivity index (χ1v) is 11.4. The summed E-state index contributed by atoms with van der Waals surface area (Å²) in [6, 6.07) is 10.4. The molecule has 1 aromatic heterocycles. The highest BCUT2D eigenvalue weighted by molar-refractivity contribution is 6.04. The van der Waals surface area contributed by atoms with Gasteiger partial charge in [-0.3, -0.25) is 9.78 Å². The van der Waals surface area contributed by atoms with Crippen molar-refractivity contribution in [3.63, 3.8) is 0 Å². The summed E-state index contributed by atoms with van der Waals surface area (Å²) in [5.41, 5.74) is -0.908. The van der Waals surface area contributed by atoms with Crippen LogP contribution in [0.15, 0.2) is 60.8 Å². The predicted octanol–water partition coefficient (Wildman–Crippen LogP) is 5.81. The second kappa shape index (κ2) is 10.2. The molecule has 2 heterocycles. The molecule has 0 aliphatic carbocycles. The van der Waals surface area contributed by atoms with Crippen LogP contribution in [0.5, 0.6) is 11.5 Å². The molecule has 38 heavy (non-hydrogen) atoms. The molecule has 1 saturated heterocycles. The first-order valence-electron chi connectivity index (χ1n) is 11.4. The zero-order chi connectivity index (χ0) is 26.9. The lowest BCUT2D eigenvalue weighted by atomic mass is 10.1. The monoisotopic (exact) mass is 530 g/mol. The lowest BCUT2D eigenvalue weighted by Crippen LogP contribution is -2.36. The number of hydrogen-bond acceptors (Lipinski definition) is 6. The number of benzene rings is 3. The standard InChI is InChI=1S/C26H19F5N4O3/c27-23-19(34-25(36)15-2-1-3-16(12-15)26(29,30)31)6-7-21(24(23)28)38-17-4-5-18-20(13-17)33-22(14-32-18)35-8-10-37-11-9-35/h1-7,12-14H,8-11H2,(H,34,36). The van der Waals surface area contributed by atoms with Crippen LogP contribution >= 0.6 is 0 Å². The van der Waals surface area contributed by atoms with E-state index >= 15 is 0 Å². The van der Waals surface area contributed by atoms with Crippen LogP contribution in [0.25, 0.3) is 11.0 Å². The molecule has 0 bridgehead atoms. The molecule has 0 unspecified atom stereocenters. The Balaban J connectivity index is 1.34. The van der Waals surface area contributed by atoms with Gasteiger partial charge in [-0.05, 0) is 42.5 Å². The highest BCUT2D eigenvalue weighted by Gasteiger charge is 2.31. The third kappa shape index (κ3) is 5.35. The molecule has 0 radical (unpaired) electrons. The molecule has 1 amide bonds. The number of amides is 1. The Bertz CT molecular complexity index is 1510. The second-order valence-corrected chi connectivity index (χ2v) is 8.35. The molecule has 0 spiro atoms. The van der Waals surface area contributed by atoms with Gasteiger partial charge in [-0.25, -0.2) is 9.37 Å². The van der Waals surface area contributed by atoms with Crippen molar-refractivity contribution in [2.24, 2.45) is 0 Å². The fourth-order valence-electron chi connectivity index (χ4n) is 3.86. The summed E-state index contributed by atoms with van der Waals surface area (Å²) in [6.45, 7) is 2.48. The number of rotatable bonds is 5. The van der Waals surface area contributed by atoms with Crippen molar-refractivity contribution in [3.05, 3.63) is 83.6 Å². The summed E-state index contributed by atoms with van der Waals surface area (Å²) in [5.74, 6) is -3.50. The summed E-state index contributed by atoms with van der Waals surface area (Å²) >= 11 is 0. The van der Waals surface area contributed by atoms with Gasteiger partial charge in [0.1, 0.15) is 11.6 Å². The molecule has 7 nitrogen and oxygen atoms in total. The van der Waals surface area contributed by atoms with Crippen LogP contribution < -0.4 is 15.0 Å². The maximum atomic E-state index is 14.8.